The van der Waals surface area contributed by atoms with Crippen molar-refractivity contribution in [3.63, 3.8) is 0 Å². The Bertz CT molecular complexity index is 500. The van der Waals surface area contributed by atoms with Crippen LogP contribution in [0.2, 0.25) is 0 Å². The number of benzene rings is 1. The number of ether oxygens (including phenoxy) is 1. The average Bonchev–Trinajstić information content (AvgIpc) is 2.29. The van der Waals surface area contributed by atoms with E-state index in [0.717, 1.165) is 0 Å². The fourth-order valence-corrected chi connectivity index (χ4v) is 1.91. The van der Waals surface area contributed by atoms with E-state index in [-0.39, 0.29) is 4.90 Å². The third-order valence-corrected chi connectivity index (χ3v) is 3.21. The first-order chi connectivity index (χ1) is 8.43. The van der Waals surface area contributed by atoms with Crippen molar-refractivity contribution in [3.8, 4) is 0 Å². The quantitative estimate of drug-likeness (QED) is 0.532. The van der Waals surface area contributed by atoms with Crippen molar-refractivity contribution in [1.82, 2.24) is 5.32 Å². The van der Waals surface area contributed by atoms with Crippen LogP contribution >= 0.6 is 12.2 Å². The Morgan fingerprint density at radius 2 is 2.00 bits per heavy atom. The summed E-state index contributed by atoms with van der Waals surface area (Å²) in [6.07, 6.45) is 0. The highest BCUT2D eigenvalue weighted by atomic mass is 32.2. The van der Waals surface area contributed by atoms with Crippen molar-refractivity contribution < 1.29 is 13.2 Å². The van der Waals surface area contributed by atoms with Gasteiger partial charge in [0.15, 0.2) is 5.11 Å². The summed E-state index contributed by atoms with van der Waals surface area (Å²) in [5.74, 6) is 0. The Kier molecular flexibility index (Phi) is 5.48. The van der Waals surface area contributed by atoms with Gasteiger partial charge in [-0.15, -0.1) is 0 Å². The number of primary sulfonamides is 1. The lowest BCUT2D eigenvalue weighted by atomic mass is 10.3. The molecule has 0 aromatic heterocycles. The summed E-state index contributed by atoms with van der Waals surface area (Å²) in [7, 11) is -2.06. The molecule has 0 saturated heterocycles. The molecular weight excluding hydrogens is 274 g/mol. The van der Waals surface area contributed by atoms with Gasteiger partial charge in [-0.25, -0.2) is 13.6 Å². The van der Waals surface area contributed by atoms with Crippen LogP contribution in [0.3, 0.4) is 0 Å². The first-order valence-electron chi connectivity index (χ1n) is 5.10. The highest BCUT2D eigenvalue weighted by molar-refractivity contribution is 7.89. The number of hydrogen-bond donors (Lipinski definition) is 3. The maximum Gasteiger partial charge on any atom is 0.238 e. The molecule has 0 heterocycles. The van der Waals surface area contributed by atoms with E-state index in [2.05, 4.69) is 10.6 Å². The number of nitrogens with two attached hydrogens (primary N) is 1. The summed E-state index contributed by atoms with van der Waals surface area (Å²) < 4.78 is 27.0. The Balaban J connectivity index is 2.56. The van der Waals surface area contributed by atoms with Crippen molar-refractivity contribution in [2.75, 3.05) is 25.6 Å². The maximum absolute atomic E-state index is 11.0. The predicted octanol–water partition coefficient (Wildman–Crippen LogP) is 0.267. The van der Waals surface area contributed by atoms with Gasteiger partial charge in [0.25, 0.3) is 0 Å². The molecule has 4 N–H and O–H groups in total. The van der Waals surface area contributed by atoms with Gasteiger partial charge >= 0.3 is 0 Å². The van der Waals surface area contributed by atoms with Crippen LogP contribution in [0.1, 0.15) is 0 Å². The summed E-state index contributed by atoms with van der Waals surface area (Å²) in [4.78, 5) is 0.0614. The van der Waals surface area contributed by atoms with Crippen LogP contribution in [-0.2, 0) is 14.8 Å². The number of sulfonamides is 1. The summed E-state index contributed by atoms with van der Waals surface area (Å²) in [5, 5.41) is 11.3. The molecule has 0 aliphatic carbocycles. The molecule has 100 valence electrons. The van der Waals surface area contributed by atoms with Crippen molar-refractivity contribution in [3.05, 3.63) is 24.3 Å². The number of methoxy groups -OCH3 is 1. The van der Waals surface area contributed by atoms with Gasteiger partial charge in [0.2, 0.25) is 10.0 Å². The van der Waals surface area contributed by atoms with Crippen LogP contribution in [0.5, 0.6) is 0 Å². The molecule has 1 aromatic rings. The second kappa shape index (κ2) is 6.64. The van der Waals surface area contributed by atoms with E-state index in [9.17, 15) is 8.42 Å². The Morgan fingerprint density at radius 1 is 1.39 bits per heavy atom. The first kappa shape index (κ1) is 14.8. The van der Waals surface area contributed by atoms with E-state index in [4.69, 9.17) is 22.1 Å². The molecule has 0 spiro atoms. The monoisotopic (exact) mass is 289 g/mol. The first-order valence-corrected chi connectivity index (χ1v) is 7.05. The van der Waals surface area contributed by atoms with Crippen molar-refractivity contribution in [2.24, 2.45) is 5.14 Å². The SMILES string of the molecule is COCCNC(=S)Nc1ccc(S(N)(=O)=O)cc1. The zero-order valence-corrected chi connectivity index (χ0v) is 11.5. The van der Waals surface area contributed by atoms with Gasteiger partial charge in [-0.2, -0.15) is 0 Å². The van der Waals surface area contributed by atoms with E-state index in [1.54, 1.807) is 19.2 Å². The molecule has 6 nitrogen and oxygen atoms in total. The van der Waals surface area contributed by atoms with Crippen LogP contribution in [0, 0.1) is 0 Å². The molecule has 0 aliphatic heterocycles. The van der Waals surface area contributed by atoms with Gasteiger partial charge in [0.1, 0.15) is 0 Å². The molecule has 0 fully saturated rings. The molecule has 0 bridgehead atoms. The maximum atomic E-state index is 11.0. The summed E-state index contributed by atoms with van der Waals surface area (Å²) in [6.45, 7) is 1.14. The number of nitrogens with one attached hydrogen (secondary N) is 2. The molecule has 0 atom stereocenters. The molecule has 0 amide bonds. The van der Waals surface area contributed by atoms with Crippen LogP contribution in [-0.4, -0.2) is 33.8 Å². The Hall–Kier alpha value is -1.22. The third-order valence-electron chi connectivity index (χ3n) is 2.03. The lowest BCUT2D eigenvalue weighted by Gasteiger charge is -2.10. The van der Waals surface area contributed by atoms with Gasteiger partial charge in [-0.1, -0.05) is 0 Å². The van der Waals surface area contributed by atoms with Crippen LogP contribution in [0.25, 0.3) is 0 Å². The number of hydrogen-bond acceptors (Lipinski definition) is 4. The Morgan fingerprint density at radius 3 is 2.50 bits per heavy atom. The minimum atomic E-state index is -3.66. The zero-order valence-electron chi connectivity index (χ0n) is 9.84. The lowest BCUT2D eigenvalue weighted by Crippen LogP contribution is -2.31. The van der Waals surface area contributed by atoms with Gasteiger partial charge in [-0.3, -0.25) is 0 Å². The van der Waals surface area contributed by atoms with E-state index in [1.807, 2.05) is 0 Å². The van der Waals surface area contributed by atoms with E-state index < -0.39 is 10.0 Å². The largest absolute Gasteiger partial charge is 0.383 e. The number of rotatable bonds is 5. The molecular formula is C10H15N3O3S2. The Labute approximate surface area is 112 Å². The van der Waals surface area contributed by atoms with Gasteiger partial charge in [-0.05, 0) is 36.5 Å². The normalized spacial score (nSPS) is 11.0. The fraction of sp³-hybridized carbons (Fsp3) is 0.300. The van der Waals surface area contributed by atoms with Gasteiger partial charge in [0, 0.05) is 19.3 Å². The van der Waals surface area contributed by atoms with E-state index in [0.29, 0.717) is 24.0 Å². The van der Waals surface area contributed by atoms with Crippen LogP contribution in [0.4, 0.5) is 5.69 Å². The molecule has 18 heavy (non-hydrogen) atoms. The number of thiocarbonyl (C=S) groups is 1. The van der Waals surface area contributed by atoms with Gasteiger partial charge in [0.05, 0.1) is 11.5 Å². The van der Waals surface area contributed by atoms with Crippen LogP contribution in [0.15, 0.2) is 29.2 Å². The van der Waals surface area contributed by atoms with E-state index >= 15 is 0 Å². The molecule has 1 rings (SSSR count). The lowest BCUT2D eigenvalue weighted by molar-refractivity contribution is 0.204. The molecule has 8 heteroatoms. The molecule has 1 aromatic carbocycles. The summed E-state index contributed by atoms with van der Waals surface area (Å²) in [6, 6.07) is 6.00. The average molecular weight is 289 g/mol. The van der Waals surface area contributed by atoms with Crippen molar-refractivity contribution in [1.29, 1.82) is 0 Å². The molecule has 0 radical (unpaired) electrons. The molecule has 0 saturated carbocycles. The topological polar surface area (TPSA) is 93.4 Å². The second-order valence-electron chi connectivity index (χ2n) is 3.44. The standard InChI is InChI=1S/C10H15N3O3S2/c1-16-7-6-12-10(17)13-8-2-4-9(5-3-8)18(11,14)15/h2-5H,6-7H2,1H3,(H2,11,14,15)(H2,12,13,17). The van der Waals surface area contributed by atoms with E-state index in [1.165, 1.54) is 12.1 Å². The summed E-state index contributed by atoms with van der Waals surface area (Å²) in [5.41, 5.74) is 0.678. The van der Waals surface area contributed by atoms with Gasteiger partial charge < -0.3 is 15.4 Å². The minimum absolute atomic E-state index is 0.0614. The smallest absolute Gasteiger partial charge is 0.238 e. The second-order valence-corrected chi connectivity index (χ2v) is 5.41. The molecule has 0 aliphatic rings. The zero-order chi connectivity index (χ0) is 13.6. The predicted molar refractivity (Wildman–Crippen MR) is 73.9 cm³/mol. The highest BCUT2D eigenvalue weighted by Crippen LogP contribution is 2.12. The summed E-state index contributed by atoms with van der Waals surface area (Å²) >= 11 is 5.03. The minimum Gasteiger partial charge on any atom is -0.383 e. The van der Waals surface area contributed by atoms with Crippen molar-refractivity contribution >= 4 is 33.0 Å². The number of anilines is 1. The fourth-order valence-electron chi connectivity index (χ4n) is 1.17. The highest BCUT2D eigenvalue weighted by Gasteiger charge is 2.06. The van der Waals surface area contributed by atoms with Crippen molar-refractivity contribution in [2.45, 2.75) is 4.90 Å². The third kappa shape index (κ3) is 4.96. The molecule has 0 unspecified atom stereocenters. The van der Waals surface area contributed by atoms with Crippen LogP contribution < -0.4 is 15.8 Å².